The Morgan fingerprint density at radius 1 is 1.38 bits per heavy atom. The van der Waals surface area contributed by atoms with E-state index in [-0.39, 0.29) is 13.0 Å². The first-order valence-corrected chi connectivity index (χ1v) is 4.54. The summed E-state index contributed by atoms with van der Waals surface area (Å²) >= 11 is 0. The molecule has 0 aromatic heterocycles. The van der Waals surface area contributed by atoms with Gasteiger partial charge in [-0.2, -0.15) is 8.78 Å². The normalized spacial score (nSPS) is 21.6. The van der Waals surface area contributed by atoms with Crippen molar-refractivity contribution < 1.29 is 27.2 Å². The van der Waals surface area contributed by atoms with Crippen LogP contribution in [0.25, 0.3) is 0 Å². The molecule has 1 fully saturated rings. The summed E-state index contributed by atoms with van der Waals surface area (Å²) in [6, 6.07) is -1.21. The zero-order valence-electron chi connectivity index (χ0n) is 8.13. The number of amides is 2. The van der Waals surface area contributed by atoms with Crippen molar-refractivity contribution in [2.75, 3.05) is 6.54 Å². The molecule has 0 aliphatic carbocycles. The quantitative estimate of drug-likeness (QED) is 0.726. The Hall–Kier alpha value is -1.34. The van der Waals surface area contributed by atoms with Crippen LogP contribution in [0.3, 0.4) is 0 Å². The van der Waals surface area contributed by atoms with Gasteiger partial charge in [-0.3, -0.25) is 9.59 Å². The number of carbonyl (C=O) groups excluding carboxylic acids is 2. The molecule has 1 aliphatic rings. The summed E-state index contributed by atoms with van der Waals surface area (Å²) < 4.78 is 49.3. The topological polar surface area (TPSA) is 63.4 Å². The van der Waals surface area contributed by atoms with E-state index in [1.165, 1.54) is 0 Å². The molecule has 0 aromatic rings. The molecule has 1 heterocycles. The highest BCUT2D eigenvalue weighted by atomic mass is 19.3. The fourth-order valence-electron chi connectivity index (χ4n) is 1.59. The van der Waals surface area contributed by atoms with E-state index in [1.807, 2.05) is 0 Å². The van der Waals surface area contributed by atoms with Crippen LogP contribution in [-0.2, 0) is 9.59 Å². The van der Waals surface area contributed by atoms with Crippen LogP contribution < -0.4 is 5.73 Å². The molecule has 1 saturated heterocycles. The molecule has 0 saturated carbocycles. The predicted molar refractivity (Wildman–Crippen MR) is 44.9 cm³/mol. The van der Waals surface area contributed by atoms with Crippen molar-refractivity contribution in [3.8, 4) is 0 Å². The standard InChI is InChI=1S/C8H10F4N2O2/c9-6(10)8(11,12)7(16)14-3-1-2-4(14)5(13)15/h4,6H,1-3H2,(H2,13,15). The number of carbonyl (C=O) groups is 2. The molecule has 4 nitrogen and oxygen atoms in total. The minimum atomic E-state index is -4.77. The zero-order chi connectivity index (χ0) is 12.5. The first-order valence-electron chi connectivity index (χ1n) is 4.54. The smallest absolute Gasteiger partial charge is 0.368 e. The fourth-order valence-corrected chi connectivity index (χ4v) is 1.59. The number of likely N-dealkylation sites (tertiary alicyclic amines) is 1. The summed E-state index contributed by atoms with van der Waals surface area (Å²) in [6.07, 6.45) is -3.67. The molecular formula is C8H10F4N2O2. The van der Waals surface area contributed by atoms with Crippen LogP contribution in [-0.4, -0.2) is 41.6 Å². The highest BCUT2D eigenvalue weighted by Gasteiger charge is 2.53. The Kier molecular flexibility index (Phi) is 3.39. The van der Waals surface area contributed by atoms with Crippen molar-refractivity contribution in [1.29, 1.82) is 0 Å². The summed E-state index contributed by atoms with van der Waals surface area (Å²) in [5, 5.41) is 0. The number of halogens is 4. The molecule has 1 atom stereocenters. The maximum absolute atomic E-state index is 12.7. The zero-order valence-corrected chi connectivity index (χ0v) is 8.13. The van der Waals surface area contributed by atoms with Crippen LogP contribution in [0, 0.1) is 0 Å². The first-order chi connectivity index (χ1) is 7.28. The van der Waals surface area contributed by atoms with Gasteiger partial charge in [-0.15, -0.1) is 0 Å². The first kappa shape index (κ1) is 12.7. The highest BCUT2D eigenvalue weighted by Crippen LogP contribution is 2.29. The minimum Gasteiger partial charge on any atom is -0.368 e. The largest absolute Gasteiger partial charge is 0.383 e. The number of nitrogens with two attached hydrogens (primary N) is 1. The summed E-state index contributed by atoms with van der Waals surface area (Å²) in [5.74, 6) is -7.77. The molecule has 1 unspecified atom stereocenters. The Labute approximate surface area is 88.4 Å². The van der Waals surface area contributed by atoms with E-state index in [9.17, 15) is 27.2 Å². The predicted octanol–water partition coefficient (Wildman–Crippen LogP) is 0.363. The van der Waals surface area contributed by atoms with Gasteiger partial charge in [0.15, 0.2) is 0 Å². The number of hydrogen-bond acceptors (Lipinski definition) is 2. The number of primary amides is 1. The maximum atomic E-state index is 12.7. The minimum absolute atomic E-state index is 0.125. The van der Waals surface area contributed by atoms with E-state index in [4.69, 9.17) is 5.73 Å². The van der Waals surface area contributed by atoms with E-state index in [2.05, 4.69) is 0 Å². The summed E-state index contributed by atoms with van der Waals surface area (Å²) in [7, 11) is 0. The fraction of sp³-hybridized carbons (Fsp3) is 0.750. The van der Waals surface area contributed by atoms with Crippen molar-refractivity contribution in [3.63, 3.8) is 0 Å². The molecular weight excluding hydrogens is 232 g/mol. The van der Waals surface area contributed by atoms with Gasteiger partial charge >= 0.3 is 12.3 Å². The Bertz CT molecular complexity index is 308. The van der Waals surface area contributed by atoms with Crippen LogP contribution in [0.15, 0.2) is 0 Å². The van der Waals surface area contributed by atoms with Crippen molar-refractivity contribution in [1.82, 2.24) is 4.90 Å². The van der Waals surface area contributed by atoms with Crippen molar-refractivity contribution in [2.45, 2.75) is 31.2 Å². The number of rotatable bonds is 3. The van der Waals surface area contributed by atoms with E-state index < -0.39 is 30.2 Å². The van der Waals surface area contributed by atoms with Crippen LogP contribution in [0.2, 0.25) is 0 Å². The summed E-state index contributed by atoms with van der Waals surface area (Å²) in [5.41, 5.74) is 4.88. The third-order valence-corrected chi connectivity index (χ3v) is 2.40. The van der Waals surface area contributed by atoms with Crippen molar-refractivity contribution in [2.24, 2.45) is 5.73 Å². The van der Waals surface area contributed by atoms with Gasteiger partial charge in [0.2, 0.25) is 5.91 Å². The van der Waals surface area contributed by atoms with E-state index in [0.717, 1.165) is 0 Å². The second-order valence-corrected chi connectivity index (χ2v) is 3.48. The van der Waals surface area contributed by atoms with E-state index in [0.29, 0.717) is 11.3 Å². The van der Waals surface area contributed by atoms with Gasteiger partial charge in [-0.05, 0) is 12.8 Å². The lowest BCUT2D eigenvalue weighted by molar-refractivity contribution is -0.182. The average Bonchev–Trinajstić information content (AvgIpc) is 2.64. The lowest BCUT2D eigenvalue weighted by Gasteiger charge is -2.26. The molecule has 0 radical (unpaired) electrons. The molecule has 8 heteroatoms. The van der Waals surface area contributed by atoms with Gasteiger partial charge in [0.05, 0.1) is 0 Å². The molecule has 0 bridgehead atoms. The number of alkyl halides is 4. The van der Waals surface area contributed by atoms with Gasteiger partial charge in [0.25, 0.3) is 5.91 Å². The third-order valence-electron chi connectivity index (χ3n) is 2.40. The van der Waals surface area contributed by atoms with Gasteiger partial charge in [-0.25, -0.2) is 8.78 Å². The second kappa shape index (κ2) is 4.26. The highest BCUT2D eigenvalue weighted by molar-refractivity contribution is 5.90. The van der Waals surface area contributed by atoms with Crippen molar-refractivity contribution in [3.05, 3.63) is 0 Å². The molecule has 16 heavy (non-hydrogen) atoms. The van der Waals surface area contributed by atoms with Gasteiger partial charge in [0, 0.05) is 6.54 Å². The van der Waals surface area contributed by atoms with Crippen LogP contribution in [0.5, 0.6) is 0 Å². The molecule has 1 aliphatic heterocycles. The monoisotopic (exact) mass is 242 g/mol. The second-order valence-electron chi connectivity index (χ2n) is 3.48. The lowest BCUT2D eigenvalue weighted by Crippen LogP contribution is -2.52. The van der Waals surface area contributed by atoms with Gasteiger partial charge in [0.1, 0.15) is 6.04 Å². The third kappa shape index (κ3) is 2.10. The number of nitrogens with zero attached hydrogens (tertiary/aromatic N) is 1. The molecule has 0 spiro atoms. The van der Waals surface area contributed by atoms with Gasteiger partial charge < -0.3 is 10.6 Å². The van der Waals surface area contributed by atoms with Crippen LogP contribution >= 0.6 is 0 Å². The van der Waals surface area contributed by atoms with Crippen LogP contribution in [0.1, 0.15) is 12.8 Å². The number of hydrogen-bond donors (Lipinski definition) is 1. The van der Waals surface area contributed by atoms with E-state index >= 15 is 0 Å². The average molecular weight is 242 g/mol. The lowest BCUT2D eigenvalue weighted by atomic mass is 10.2. The van der Waals surface area contributed by atoms with Crippen LogP contribution in [0.4, 0.5) is 17.6 Å². The molecule has 2 N–H and O–H groups in total. The van der Waals surface area contributed by atoms with E-state index in [1.54, 1.807) is 0 Å². The SMILES string of the molecule is NC(=O)C1CCCN1C(=O)C(F)(F)C(F)F. The Balaban J connectivity index is 2.85. The molecule has 1 rings (SSSR count). The summed E-state index contributed by atoms with van der Waals surface area (Å²) in [4.78, 5) is 22.3. The maximum Gasteiger partial charge on any atom is 0.383 e. The summed E-state index contributed by atoms with van der Waals surface area (Å²) in [6.45, 7) is -0.158. The molecule has 2 amide bonds. The Morgan fingerprint density at radius 3 is 2.38 bits per heavy atom. The Morgan fingerprint density at radius 2 is 1.94 bits per heavy atom. The molecule has 92 valence electrons. The van der Waals surface area contributed by atoms with Gasteiger partial charge in [-0.1, -0.05) is 0 Å². The van der Waals surface area contributed by atoms with Crippen molar-refractivity contribution >= 4 is 11.8 Å². The molecule has 0 aromatic carbocycles.